The second-order valence-electron chi connectivity index (χ2n) is 15.7. The summed E-state index contributed by atoms with van der Waals surface area (Å²) in [7, 11) is -2.04. The molecule has 2 heterocycles. The molecule has 0 unspecified atom stereocenters. The van der Waals surface area contributed by atoms with Crippen molar-refractivity contribution in [3.8, 4) is 17.2 Å². The number of amides is 1. The van der Waals surface area contributed by atoms with Gasteiger partial charge in [-0.2, -0.15) is 5.26 Å². The molecular formula is C39H45Cl2FN4O4Si. The number of pyridine rings is 1. The van der Waals surface area contributed by atoms with Gasteiger partial charge in [-0.25, -0.2) is 14.2 Å². The van der Waals surface area contributed by atoms with Crippen LogP contribution in [0.4, 0.5) is 14.9 Å². The maximum absolute atomic E-state index is 16.7. The molecule has 1 aromatic heterocycles. The summed E-state index contributed by atoms with van der Waals surface area (Å²) in [4.78, 5) is 31.9. The number of nitriles is 1. The van der Waals surface area contributed by atoms with E-state index in [1.165, 1.54) is 0 Å². The first-order valence-corrected chi connectivity index (χ1v) is 20.8. The van der Waals surface area contributed by atoms with Crippen LogP contribution in [0.3, 0.4) is 0 Å². The summed E-state index contributed by atoms with van der Waals surface area (Å²) in [6.45, 7) is 17.3. The SMILES string of the molecule is CC(C)(C)OC(=O)N1CC[C@H](Nc2c(C=O)c(Cl)nc3c(F)c(-c4cccc5cccc(C#N)c45)c(Cl)cc23)C[C@H]1CCO[Si](C)(C)C(C)(C)C. The number of aldehydes is 1. The number of hydrogen-bond acceptors (Lipinski definition) is 7. The number of piperidine rings is 1. The molecule has 12 heteroatoms. The fourth-order valence-electron chi connectivity index (χ4n) is 6.36. The van der Waals surface area contributed by atoms with Crippen molar-refractivity contribution >= 4 is 71.3 Å². The van der Waals surface area contributed by atoms with Gasteiger partial charge in [-0.15, -0.1) is 0 Å². The number of benzene rings is 3. The Morgan fingerprint density at radius 2 is 1.84 bits per heavy atom. The Hall–Kier alpha value is -3.75. The summed E-state index contributed by atoms with van der Waals surface area (Å²) in [6, 6.07) is 14.0. The number of fused-ring (bicyclic) bond motifs is 2. The van der Waals surface area contributed by atoms with Gasteiger partial charge in [-0.3, -0.25) is 4.79 Å². The van der Waals surface area contributed by atoms with Gasteiger partial charge in [0.05, 0.1) is 27.9 Å². The molecule has 270 valence electrons. The number of carbonyl (C=O) groups excluding carboxylic acids is 2. The van der Waals surface area contributed by atoms with Crippen LogP contribution in [0.5, 0.6) is 0 Å². The fraction of sp³-hybridized carbons (Fsp3) is 0.436. The van der Waals surface area contributed by atoms with Crippen molar-refractivity contribution in [1.29, 1.82) is 5.26 Å². The van der Waals surface area contributed by atoms with E-state index in [0.717, 1.165) is 5.39 Å². The molecular weight excluding hydrogens is 706 g/mol. The molecule has 51 heavy (non-hydrogen) atoms. The third-order valence-electron chi connectivity index (χ3n) is 9.99. The smallest absolute Gasteiger partial charge is 0.410 e. The Bertz CT molecular complexity index is 2030. The molecule has 1 N–H and O–H groups in total. The summed E-state index contributed by atoms with van der Waals surface area (Å²) in [6.07, 6.45) is 1.84. The van der Waals surface area contributed by atoms with E-state index in [1.54, 1.807) is 35.2 Å². The largest absolute Gasteiger partial charge is 0.444 e. The average molecular weight is 752 g/mol. The van der Waals surface area contributed by atoms with E-state index in [-0.39, 0.29) is 43.9 Å². The van der Waals surface area contributed by atoms with Crippen molar-refractivity contribution < 1.29 is 23.1 Å². The van der Waals surface area contributed by atoms with E-state index in [0.29, 0.717) is 66.3 Å². The van der Waals surface area contributed by atoms with Gasteiger partial charge in [0.15, 0.2) is 20.4 Å². The monoisotopic (exact) mass is 750 g/mol. The molecule has 0 radical (unpaired) electrons. The second-order valence-corrected chi connectivity index (χ2v) is 21.2. The first-order chi connectivity index (χ1) is 23.9. The first-order valence-electron chi connectivity index (χ1n) is 17.2. The minimum Gasteiger partial charge on any atom is -0.444 e. The van der Waals surface area contributed by atoms with Gasteiger partial charge in [-0.1, -0.05) is 74.3 Å². The van der Waals surface area contributed by atoms with Crippen molar-refractivity contribution in [3.05, 3.63) is 69.6 Å². The maximum Gasteiger partial charge on any atom is 0.410 e. The predicted octanol–water partition coefficient (Wildman–Crippen LogP) is 10.8. The summed E-state index contributed by atoms with van der Waals surface area (Å²) in [5, 5.41) is 14.9. The first kappa shape index (κ1) is 38.5. The van der Waals surface area contributed by atoms with Crippen molar-refractivity contribution in [2.75, 3.05) is 18.5 Å². The number of halogens is 3. The molecule has 1 aliphatic rings. The van der Waals surface area contributed by atoms with Gasteiger partial charge in [0.25, 0.3) is 0 Å². The number of aromatic nitrogens is 1. The normalized spacial score (nSPS) is 17.0. The molecule has 4 aromatic rings. The Balaban J connectivity index is 1.53. The molecule has 0 saturated carbocycles. The lowest BCUT2D eigenvalue weighted by atomic mass is 9.92. The minimum atomic E-state index is -2.04. The van der Waals surface area contributed by atoms with Crippen molar-refractivity contribution in [2.24, 2.45) is 0 Å². The Morgan fingerprint density at radius 1 is 1.16 bits per heavy atom. The molecule has 1 saturated heterocycles. The quantitative estimate of drug-likeness (QED) is 0.109. The van der Waals surface area contributed by atoms with Crippen LogP contribution < -0.4 is 5.32 Å². The number of carbonyl (C=O) groups is 2. The standard InChI is InChI=1S/C39H45Cl2FN4O4Si/c1-38(2,3)50-37(48)46-17-15-25(19-26(46)16-18-49-51(7,8)39(4,5)6)44-34-28-20-30(40)32(33(42)35(28)45-36(41)29(34)22-47)27-14-10-12-23-11-9-13-24(21-43)31(23)27/h9-14,20,22,25-26H,15-19H2,1-8H3,(H,44,45)/t25-,26+/m0/s1. The van der Waals surface area contributed by atoms with E-state index in [2.05, 4.69) is 50.2 Å². The molecule has 2 atom stereocenters. The number of likely N-dealkylation sites (tertiary alicyclic amines) is 1. The Morgan fingerprint density at radius 3 is 2.47 bits per heavy atom. The van der Waals surface area contributed by atoms with Crippen LogP contribution >= 0.6 is 23.2 Å². The number of nitrogens with zero attached hydrogens (tertiary/aromatic N) is 3. The molecule has 0 bridgehead atoms. The van der Waals surface area contributed by atoms with Gasteiger partial charge >= 0.3 is 6.09 Å². The third-order valence-corrected chi connectivity index (χ3v) is 15.1. The highest BCUT2D eigenvalue weighted by Gasteiger charge is 2.39. The highest BCUT2D eigenvalue weighted by atomic mass is 35.5. The van der Waals surface area contributed by atoms with Gasteiger partial charge in [0.1, 0.15) is 16.3 Å². The number of nitrogens with one attached hydrogen (secondary N) is 1. The van der Waals surface area contributed by atoms with Crippen molar-refractivity contribution in [1.82, 2.24) is 9.88 Å². The Kier molecular flexibility index (Phi) is 11.1. The predicted molar refractivity (Wildman–Crippen MR) is 206 cm³/mol. The average Bonchev–Trinajstić information content (AvgIpc) is 3.04. The van der Waals surface area contributed by atoms with Gasteiger partial charge in [0, 0.05) is 41.6 Å². The van der Waals surface area contributed by atoms with Crippen LogP contribution in [0.25, 0.3) is 32.8 Å². The molecule has 0 aliphatic carbocycles. The van der Waals surface area contributed by atoms with Gasteiger partial charge in [-0.05, 0) is 81.2 Å². The van der Waals surface area contributed by atoms with Crippen LogP contribution in [-0.2, 0) is 9.16 Å². The molecule has 0 spiro atoms. The van der Waals surface area contributed by atoms with E-state index < -0.39 is 25.8 Å². The molecule has 1 fully saturated rings. The van der Waals surface area contributed by atoms with Gasteiger partial charge < -0.3 is 19.4 Å². The minimum absolute atomic E-state index is 0.0312. The highest BCUT2D eigenvalue weighted by Crippen LogP contribution is 2.43. The maximum atomic E-state index is 16.7. The van der Waals surface area contributed by atoms with Crippen LogP contribution in [0, 0.1) is 17.1 Å². The summed E-state index contributed by atoms with van der Waals surface area (Å²) in [5.41, 5.74) is 0.572. The van der Waals surface area contributed by atoms with Crippen LogP contribution in [0.15, 0.2) is 42.5 Å². The third kappa shape index (κ3) is 8.02. The molecule has 1 aliphatic heterocycles. The molecule has 5 rings (SSSR count). The molecule has 1 amide bonds. The van der Waals surface area contributed by atoms with E-state index in [4.69, 9.17) is 32.4 Å². The summed E-state index contributed by atoms with van der Waals surface area (Å²) < 4.78 is 29.0. The lowest BCUT2D eigenvalue weighted by molar-refractivity contribution is 0.00624. The zero-order chi connectivity index (χ0) is 37.5. The Labute approximate surface area is 310 Å². The van der Waals surface area contributed by atoms with Crippen molar-refractivity contribution in [3.63, 3.8) is 0 Å². The topological polar surface area (TPSA) is 105 Å². The highest BCUT2D eigenvalue weighted by molar-refractivity contribution is 6.74. The summed E-state index contributed by atoms with van der Waals surface area (Å²) in [5.74, 6) is -0.722. The fourth-order valence-corrected chi connectivity index (χ4v) is 7.93. The molecule has 3 aromatic carbocycles. The van der Waals surface area contributed by atoms with Gasteiger partial charge in [0.2, 0.25) is 0 Å². The van der Waals surface area contributed by atoms with E-state index in [1.807, 2.05) is 32.9 Å². The van der Waals surface area contributed by atoms with Crippen LogP contribution in [0.2, 0.25) is 28.3 Å². The number of rotatable bonds is 8. The van der Waals surface area contributed by atoms with Crippen LogP contribution in [-0.4, -0.2) is 61.4 Å². The zero-order valence-corrected chi connectivity index (χ0v) is 32.9. The van der Waals surface area contributed by atoms with Crippen molar-refractivity contribution in [2.45, 2.75) is 96.6 Å². The number of anilines is 1. The second kappa shape index (κ2) is 14.7. The molecule has 8 nitrogen and oxygen atoms in total. The van der Waals surface area contributed by atoms with E-state index >= 15 is 4.39 Å². The number of hydrogen-bond donors (Lipinski definition) is 1. The summed E-state index contributed by atoms with van der Waals surface area (Å²) >= 11 is 13.5. The zero-order valence-electron chi connectivity index (χ0n) is 30.4. The number of ether oxygens (including phenoxy) is 1. The van der Waals surface area contributed by atoms with Crippen LogP contribution in [0.1, 0.15) is 76.7 Å². The van der Waals surface area contributed by atoms with E-state index in [9.17, 15) is 14.9 Å². The lowest BCUT2D eigenvalue weighted by Crippen LogP contribution is -2.51. The lowest BCUT2D eigenvalue weighted by Gasteiger charge is -2.42.